The number of aromatic nitrogens is 3. The van der Waals surface area contributed by atoms with Crippen molar-refractivity contribution in [2.75, 3.05) is 31.6 Å². The number of fused-ring (bicyclic) bond motifs is 1. The summed E-state index contributed by atoms with van der Waals surface area (Å²) in [5.41, 5.74) is 4.60. The smallest absolute Gasteiger partial charge is 0.257 e. The minimum atomic E-state index is -0.209. The molecule has 0 unspecified atom stereocenters. The van der Waals surface area contributed by atoms with Crippen molar-refractivity contribution < 1.29 is 9.53 Å². The second kappa shape index (κ2) is 8.67. The van der Waals surface area contributed by atoms with Gasteiger partial charge in [-0.05, 0) is 24.3 Å². The molecule has 2 N–H and O–H groups in total. The van der Waals surface area contributed by atoms with Gasteiger partial charge in [0.2, 0.25) is 0 Å². The molecule has 1 aliphatic rings. The highest BCUT2D eigenvalue weighted by Crippen LogP contribution is 2.23. The third-order valence-electron chi connectivity index (χ3n) is 5.38. The normalized spacial score (nSPS) is 14.6. The van der Waals surface area contributed by atoms with Gasteiger partial charge in [-0.2, -0.15) is 0 Å². The third kappa shape index (κ3) is 4.33. The number of nitrogens with zero attached hydrogens (tertiary/aromatic N) is 3. The first kappa shape index (κ1) is 19.4. The number of hydrogen-bond acceptors (Lipinski definition) is 5. The van der Waals surface area contributed by atoms with Gasteiger partial charge in [0, 0.05) is 25.2 Å². The van der Waals surface area contributed by atoms with Gasteiger partial charge in [0.05, 0.1) is 41.9 Å². The van der Waals surface area contributed by atoms with E-state index in [0.717, 1.165) is 55.4 Å². The van der Waals surface area contributed by atoms with Crippen LogP contribution in [0.3, 0.4) is 0 Å². The van der Waals surface area contributed by atoms with Crippen molar-refractivity contribution in [3.63, 3.8) is 0 Å². The zero-order chi connectivity index (χ0) is 21.0. The number of hydrogen-bond donors (Lipinski definition) is 2. The average Bonchev–Trinajstić information content (AvgIpc) is 3.26. The lowest BCUT2D eigenvalue weighted by atomic mass is 10.1. The molecule has 31 heavy (non-hydrogen) atoms. The standard InChI is InChI=1S/C24H23N5O2/c30-24(26-18-9-10-19(25-15-18)16-29-11-13-31-14-12-29)20-7-4-8-21-22(20)28-23(27-21)17-5-2-1-3-6-17/h1-10,15H,11-14,16H2,(H,26,30)(H,27,28). The average molecular weight is 413 g/mol. The molecular weight excluding hydrogens is 390 g/mol. The van der Waals surface area contributed by atoms with E-state index in [-0.39, 0.29) is 5.91 Å². The van der Waals surface area contributed by atoms with Crippen LogP contribution in [0.15, 0.2) is 66.9 Å². The zero-order valence-corrected chi connectivity index (χ0v) is 17.0. The Kier molecular flexibility index (Phi) is 5.43. The first-order valence-electron chi connectivity index (χ1n) is 10.4. The van der Waals surface area contributed by atoms with Crippen LogP contribution in [0.25, 0.3) is 22.4 Å². The summed E-state index contributed by atoms with van der Waals surface area (Å²) >= 11 is 0. The van der Waals surface area contributed by atoms with Gasteiger partial charge in [0.25, 0.3) is 5.91 Å². The number of pyridine rings is 1. The van der Waals surface area contributed by atoms with E-state index in [1.54, 1.807) is 12.3 Å². The van der Waals surface area contributed by atoms with Gasteiger partial charge in [0.15, 0.2) is 0 Å². The Morgan fingerprint density at radius 2 is 1.87 bits per heavy atom. The molecule has 1 saturated heterocycles. The number of carbonyl (C=O) groups excluding carboxylic acids is 1. The van der Waals surface area contributed by atoms with Crippen LogP contribution in [0.4, 0.5) is 5.69 Å². The first-order valence-corrected chi connectivity index (χ1v) is 10.4. The Morgan fingerprint density at radius 3 is 2.65 bits per heavy atom. The lowest BCUT2D eigenvalue weighted by Gasteiger charge is -2.26. The largest absolute Gasteiger partial charge is 0.379 e. The fraction of sp³-hybridized carbons (Fsp3) is 0.208. The number of H-pyrrole nitrogens is 1. The number of benzene rings is 2. The molecule has 0 aliphatic carbocycles. The van der Waals surface area contributed by atoms with Crippen molar-refractivity contribution in [1.29, 1.82) is 0 Å². The molecule has 0 saturated carbocycles. The molecule has 7 heteroatoms. The Hall–Kier alpha value is -3.55. The molecule has 156 valence electrons. The van der Waals surface area contributed by atoms with Crippen LogP contribution in [0, 0.1) is 0 Å². The van der Waals surface area contributed by atoms with Crippen molar-refractivity contribution in [1.82, 2.24) is 19.9 Å². The van der Waals surface area contributed by atoms with Crippen molar-refractivity contribution >= 4 is 22.6 Å². The molecule has 4 aromatic rings. The molecule has 0 bridgehead atoms. The minimum absolute atomic E-state index is 0.209. The summed E-state index contributed by atoms with van der Waals surface area (Å²) < 4.78 is 5.38. The monoisotopic (exact) mass is 413 g/mol. The van der Waals surface area contributed by atoms with E-state index in [9.17, 15) is 4.79 Å². The minimum Gasteiger partial charge on any atom is -0.379 e. The van der Waals surface area contributed by atoms with Crippen LogP contribution in [0.1, 0.15) is 16.1 Å². The van der Waals surface area contributed by atoms with E-state index in [0.29, 0.717) is 16.8 Å². The molecule has 7 nitrogen and oxygen atoms in total. The molecular formula is C24H23N5O2. The summed E-state index contributed by atoms with van der Waals surface area (Å²) in [4.78, 5) is 27.8. The van der Waals surface area contributed by atoms with Gasteiger partial charge in [-0.25, -0.2) is 4.98 Å². The summed E-state index contributed by atoms with van der Waals surface area (Å²) in [6.45, 7) is 4.14. The second-order valence-electron chi connectivity index (χ2n) is 7.53. The van der Waals surface area contributed by atoms with Crippen LogP contribution in [0.2, 0.25) is 0 Å². The quantitative estimate of drug-likeness (QED) is 0.521. The predicted molar refractivity (Wildman–Crippen MR) is 120 cm³/mol. The third-order valence-corrected chi connectivity index (χ3v) is 5.38. The highest BCUT2D eigenvalue weighted by atomic mass is 16.5. The van der Waals surface area contributed by atoms with Crippen LogP contribution in [0.5, 0.6) is 0 Å². The van der Waals surface area contributed by atoms with E-state index in [1.165, 1.54) is 0 Å². The highest BCUT2D eigenvalue weighted by Gasteiger charge is 2.15. The summed E-state index contributed by atoms with van der Waals surface area (Å²) in [7, 11) is 0. The number of rotatable bonds is 5. The molecule has 0 spiro atoms. The number of imidazole rings is 1. The molecule has 2 aromatic heterocycles. The summed E-state index contributed by atoms with van der Waals surface area (Å²) in [6.07, 6.45) is 1.70. The van der Waals surface area contributed by atoms with Crippen LogP contribution in [-0.2, 0) is 11.3 Å². The lowest BCUT2D eigenvalue weighted by Crippen LogP contribution is -2.35. The van der Waals surface area contributed by atoms with Gasteiger partial charge in [-0.1, -0.05) is 36.4 Å². The van der Waals surface area contributed by atoms with Crippen molar-refractivity contribution in [2.45, 2.75) is 6.54 Å². The lowest BCUT2D eigenvalue weighted by molar-refractivity contribution is 0.0336. The van der Waals surface area contributed by atoms with Crippen LogP contribution in [-0.4, -0.2) is 52.1 Å². The molecule has 3 heterocycles. The number of nitrogens with one attached hydrogen (secondary N) is 2. The molecule has 1 aliphatic heterocycles. The zero-order valence-electron chi connectivity index (χ0n) is 17.0. The summed E-state index contributed by atoms with van der Waals surface area (Å²) in [6, 6.07) is 19.3. The van der Waals surface area contributed by atoms with Crippen molar-refractivity contribution in [2.24, 2.45) is 0 Å². The number of morpholine rings is 1. The number of amides is 1. The number of aromatic amines is 1. The Bertz CT molecular complexity index is 1180. The summed E-state index contributed by atoms with van der Waals surface area (Å²) in [5.74, 6) is 0.532. The number of ether oxygens (including phenoxy) is 1. The van der Waals surface area contributed by atoms with Gasteiger partial charge in [-0.15, -0.1) is 0 Å². The molecule has 2 aromatic carbocycles. The number of anilines is 1. The van der Waals surface area contributed by atoms with Gasteiger partial charge in [0.1, 0.15) is 11.3 Å². The highest BCUT2D eigenvalue weighted by molar-refractivity contribution is 6.11. The van der Waals surface area contributed by atoms with Crippen molar-refractivity contribution in [3.8, 4) is 11.4 Å². The maximum Gasteiger partial charge on any atom is 0.257 e. The summed E-state index contributed by atoms with van der Waals surface area (Å²) in [5, 5.41) is 2.94. The van der Waals surface area contributed by atoms with E-state index in [2.05, 4.69) is 25.2 Å². The van der Waals surface area contributed by atoms with E-state index in [1.807, 2.05) is 54.6 Å². The van der Waals surface area contributed by atoms with E-state index >= 15 is 0 Å². The topological polar surface area (TPSA) is 83.1 Å². The second-order valence-corrected chi connectivity index (χ2v) is 7.53. The maximum absolute atomic E-state index is 13.0. The SMILES string of the molecule is O=C(Nc1ccc(CN2CCOCC2)nc1)c1cccc2[nH]c(-c3ccccc3)nc12. The Morgan fingerprint density at radius 1 is 1.03 bits per heavy atom. The van der Waals surface area contributed by atoms with E-state index in [4.69, 9.17) is 4.74 Å². The molecule has 5 rings (SSSR count). The molecule has 1 fully saturated rings. The Balaban J connectivity index is 1.32. The first-order chi connectivity index (χ1) is 15.3. The maximum atomic E-state index is 13.0. The molecule has 1 amide bonds. The fourth-order valence-corrected chi connectivity index (χ4v) is 3.73. The molecule has 0 radical (unpaired) electrons. The number of para-hydroxylation sites is 1. The van der Waals surface area contributed by atoms with Crippen LogP contribution < -0.4 is 5.32 Å². The van der Waals surface area contributed by atoms with Crippen LogP contribution >= 0.6 is 0 Å². The van der Waals surface area contributed by atoms with Gasteiger partial charge in [-0.3, -0.25) is 14.7 Å². The van der Waals surface area contributed by atoms with Gasteiger partial charge >= 0.3 is 0 Å². The van der Waals surface area contributed by atoms with E-state index < -0.39 is 0 Å². The predicted octanol–water partition coefficient (Wildman–Crippen LogP) is 3.71. The fourth-order valence-electron chi connectivity index (χ4n) is 3.73. The molecule has 0 atom stereocenters. The van der Waals surface area contributed by atoms with Gasteiger partial charge < -0.3 is 15.0 Å². The number of carbonyl (C=O) groups is 1. The van der Waals surface area contributed by atoms with Crippen molar-refractivity contribution in [3.05, 3.63) is 78.1 Å². The Labute approximate surface area is 180 Å².